The second kappa shape index (κ2) is 8.39. The number of likely N-dealkylation sites (tertiary alicyclic amines) is 1. The number of likely N-dealkylation sites (N-methyl/N-ethyl adjacent to an activating group) is 1. The molecule has 2 aromatic heterocycles. The highest BCUT2D eigenvalue weighted by atomic mass is 32.2. The molecule has 11 heteroatoms. The largest absolute Gasteiger partial charge is 0.362 e. The van der Waals surface area contributed by atoms with Crippen molar-refractivity contribution in [3.8, 4) is 0 Å². The lowest BCUT2D eigenvalue weighted by atomic mass is 10.1. The van der Waals surface area contributed by atoms with Gasteiger partial charge in [0.15, 0.2) is 5.79 Å². The van der Waals surface area contributed by atoms with E-state index in [0.29, 0.717) is 13.1 Å². The first-order valence-electron chi connectivity index (χ1n) is 11.2. The Bertz CT molecular complexity index is 1020. The van der Waals surface area contributed by atoms with Crippen LogP contribution in [0.1, 0.15) is 32.1 Å². The minimum Gasteiger partial charge on any atom is -0.362 e. The highest BCUT2D eigenvalue weighted by molar-refractivity contribution is 7.98. The Morgan fingerprint density at radius 3 is 2.70 bits per heavy atom. The topological polar surface area (TPSA) is 64.4 Å². The molecule has 0 aliphatic carbocycles. The van der Waals surface area contributed by atoms with Gasteiger partial charge in [-0.05, 0) is 46.3 Å². The monoisotopic (exact) mass is 483 g/mol. The summed E-state index contributed by atoms with van der Waals surface area (Å²) >= 11 is 1.55. The molecule has 0 saturated carbocycles. The van der Waals surface area contributed by atoms with Gasteiger partial charge in [-0.3, -0.25) is 4.90 Å². The second-order valence-corrected chi connectivity index (χ2v) is 10.7. The van der Waals surface area contributed by atoms with E-state index in [1.807, 2.05) is 60.6 Å². The molecule has 0 aromatic carbocycles. The van der Waals surface area contributed by atoms with Gasteiger partial charge in [0.2, 0.25) is 0 Å². The molecular weight excluding hydrogens is 452 g/mol. The third-order valence-electron chi connectivity index (χ3n) is 6.56. The summed E-state index contributed by atoms with van der Waals surface area (Å²) in [5.74, 6) is -3.48. The van der Waals surface area contributed by atoms with Crippen molar-refractivity contribution < 1.29 is 23.0 Å². The number of aromatic nitrogens is 3. The van der Waals surface area contributed by atoms with Crippen LogP contribution in [0.4, 0.5) is 8.78 Å². The smallest absolute Gasteiger partial charge is 0.262 e. The molecule has 0 unspecified atom stereocenters. The highest BCUT2D eigenvalue weighted by Crippen LogP contribution is 2.46. The number of hydrogen-bond donors (Lipinski definition) is 0. The van der Waals surface area contributed by atoms with Gasteiger partial charge in [-0.2, -0.15) is 5.10 Å². The van der Waals surface area contributed by atoms with Crippen LogP contribution in [-0.4, -0.2) is 100 Å². The second-order valence-electron chi connectivity index (χ2n) is 9.89. The van der Waals surface area contributed by atoms with E-state index in [4.69, 9.17) is 14.2 Å². The molecule has 0 spiro atoms. The fourth-order valence-electron chi connectivity index (χ4n) is 5.38. The molecule has 0 N–H and O–H groups in total. The van der Waals surface area contributed by atoms with Gasteiger partial charge in [-0.25, -0.2) is 18.3 Å². The van der Waals surface area contributed by atoms with Crippen LogP contribution < -0.4 is 0 Å². The molecule has 0 amide bonds. The normalized spacial score (nSPS) is 33.4. The molecule has 33 heavy (non-hydrogen) atoms. The van der Waals surface area contributed by atoms with Crippen molar-refractivity contribution in [3.63, 3.8) is 0 Å². The third-order valence-corrected chi connectivity index (χ3v) is 7.26. The third kappa shape index (κ3) is 4.39. The predicted molar refractivity (Wildman–Crippen MR) is 120 cm³/mol. The highest BCUT2D eigenvalue weighted by Gasteiger charge is 2.57. The van der Waals surface area contributed by atoms with E-state index in [2.05, 4.69) is 10.1 Å². The van der Waals surface area contributed by atoms with E-state index >= 15 is 0 Å². The molecule has 3 fully saturated rings. The number of alkyl halides is 2. The van der Waals surface area contributed by atoms with E-state index in [1.165, 1.54) is 6.33 Å². The summed E-state index contributed by atoms with van der Waals surface area (Å²) in [6.07, 6.45) is 1.82. The van der Waals surface area contributed by atoms with Crippen molar-refractivity contribution in [2.45, 2.75) is 67.5 Å². The Balaban J connectivity index is 1.43. The summed E-state index contributed by atoms with van der Waals surface area (Å²) < 4.78 is 49.5. The van der Waals surface area contributed by atoms with Crippen molar-refractivity contribution in [2.75, 3.05) is 40.0 Å². The summed E-state index contributed by atoms with van der Waals surface area (Å²) in [4.78, 5) is 8.14. The van der Waals surface area contributed by atoms with Gasteiger partial charge >= 0.3 is 0 Å². The van der Waals surface area contributed by atoms with Gasteiger partial charge in [-0.15, -0.1) is 11.8 Å². The molecule has 2 aromatic rings. The maximum atomic E-state index is 14.3. The average molecular weight is 484 g/mol. The Morgan fingerprint density at radius 1 is 1.21 bits per heavy atom. The summed E-state index contributed by atoms with van der Waals surface area (Å²) in [5, 5.41) is 5.31. The molecule has 5 heterocycles. The zero-order valence-corrected chi connectivity index (χ0v) is 20.4. The summed E-state index contributed by atoms with van der Waals surface area (Å²) in [5.41, 5.74) is 1.74. The molecule has 5 atom stereocenters. The zero-order chi connectivity index (χ0) is 23.5. The Morgan fingerprint density at radius 2 is 1.97 bits per heavy atom. The van der Waals surface area contributed by atoms with Crippen LogP contribution in [0.3, 0.4) is 0 Å². The predicted octanol–water partition coefficient (Wildman–Crippen LogP) is 2.68. The van der Waals surface area contributed by atoms with Crippen molar-refractivity contribution in [1.29, 1.82) is 0 Å². The first-order chi connectivity index (χ1) is 15.6. The van der Waals surface area contributed by atoms with Crippen LogP contribution in [-0.2, 0) is 14.2 Å². The molecule has 0 bridgehead atoms. The summed E-state index contributed by atoms with van der Waals surface area (Å²) in [6.45, 7) is 4.42. The molecule has 3 aliphatic rings. The van der Waals surface area contributed by atoms with Crippen molar-refractivity contribution in [1.82, 2.24) is 24.4 Å². The molecule has 3 aliphatic heterocycles. The number of ether oxygens (including phenoxy) is 3. The molecule has 182 valence electrons. The first-order valence-corrected chi connectivity index (χ1v) is 12.4. The van der Waals surface area contributed by atoms with Crippen molar-refractivity contribution >= 4 is 17.3 Å². The number of hydrogen-bond acceptors (Lipinski definition) is 8. The lowest BCUT2D eigenvalue weighted by Crippen LogP contribution is -2.45. The van der Waals surface area contributed by atoms with E-state index in [0.717, 1.165) is 16.2 Å². The summed E-state index contributed by atoms with van der Waals surface area (Å²) in [7, 11) is 3.82. The quantitative estimate of drug-likeness (QED) is 0.582. The lowest BCUT2D eigenvalue weighted by Gasteiger charge is -2.30. The zero-order valence-electron chi connectivity index (χ0n) is 19.6. The Kier molecular flexibility index (Phi) is 5.94. The molecular formula is C22H31F2N5O3S. The van der Waals surface area contributed by atoms with E-state index < -0.39 is 23.9 Å². The molecule has 5 rings (SSSR count). The van der Waals surface area contributed by atoms with Crippen molar-refractivity contribution in [3.05, 3.63) is 24.2 Å². The number of nitrogens with zero attached hydrogens (tertiary/aromatic N) is 5. The van der Waals surface area contributed by atoms with Crippen LogP contribution >= 0.6 is 11.8 Å². The fourth-order valence-corrected chi connectivity index (χ4v) is 5.90. The van der Waals surface area contributed by atoms with E-state index in [9.17, 15) is 8.78 Å². The van der Waals surface area contributed by atoms with Gasteiger partial charge in [-0.1, -0.05) is 0 Å². The number of fused-ring (bicyclic) bond motifs is 2. The average Bonchev–Trinajstić information content (AvgIpc) is 3.43. The number of rotatable bonds is 6. The SMILES string of the molecule is CSc1ncnn2c([C@@H]3O[C@H](CN4CC(F)(F)C[C@H]4CN(C)C)[C@H]4OC(C)(C)O[C@H]43)ccc12. The minimum atomic E-state index is -2.70. The number of thioether (sulfide) groups is 1. The Labute approximate surface area is 196 Å². The maximum absolute atomic E-state index is 14.3. The molecule has 0 radical (unpaired) electrons. The van der Waals surface area contributed by atoms with Crippen molar-refractivity contribution in [2.24, 2.45) is 0 Å². The van der Waals surface area contributed by atoms with Gasteiger partial charge in [0.1, 0.15) is 35.8 Å². The van der Waals surface area contributed by atoms with E-state index in [-0.39, 0.29) is 31.2 Å². The Hall–Kier alpha value is -1.37. The lowest BCUT2D eigenvalue weighted by molar-refractivity contribution is -0.190. The standard InChI is InChI=1S/C22H31F2N5O3S/c1-21(2)31-18-16(10-28-11-22(23,24)8-13(28)9-27(3)4)30-17(19(18)32-21)14-6-7-15-20(33-5)25-12-26-29(14)15/h6-7,12-13,16-19H,8-11H2,1-5H3/t13-,16+,17-,18+,19-/m0/s1. The van der Waals surface area contributed by atoms with Crippen LogP contribution in [0.2, 0.25) is 0 Å². The minimum absolute atomic E-state index is 0.143. The van der Waals surface area contributed by atoms with Crippen LogP contribution in [0.25, 0.3) is 5.52 Å². The van der Waals surface area contributed by atoms with Gasteiger partial charge in [0, 0.05) is 25.6 Å². The van der Waals surface area contributed by atoms with E-state index in [1.54, 1.807) is 11.8 Å². The molecule has 3 saturated heterocycles. The van der Waals surface area contributed by atoms with Crippen LogP contribution in [0, 0.1) is 0 Å². The number of halogens is 2. The summed E-state index contributed by atoms with van der Waals surface area (Å²) in [6, 6.07) is 3.71. The van der Waals surface area contributed by atoms with Gasteiger partial charge in [0.05, 0.1) is 17.8 Å². The first kappa shape index (κ1) is 23.4. The maximum Gasteiger partial charge on any atom is 0.262 e. The fraction of sp³-hybridized carbons (Fsp3) is 0.727. The van der Waals surface area contributed by atoms with Crippen LogP contribution in [0.15, 0.2) is 23.5 Å². The van der Waals surface area contributed by atoms with Crippen LogP contribution in [0.5, 0.6) is 0 Å². The van der Waals surface area contributed by atoms with Gasteiger partial charge < -0.3 is 19.1 Å². The van der Waals surface area contributed by atoms with Gasteiger partial charge in [0.25, 0.3) is 5.92 Å². The molecule has 8 nitrogen and oxygen atoms in total.